The molecule has 2 aliphatic rings. The molecule has 3 N–H and O–H groups in total. The van der Waals surface area contributed by atoms with Crippen LogP contribution in [0.2, 0.25) is 0 Å². The topological polar surface area (TPSA) is 101 Å². The quantitative estimate of drug-likeness (QED) is 0.367. The van der Waals surface area contributed by atoms with Crippen molar-refractivity contribution in [3.8, 4) is 5.75 Å². The largest absolute Gasteiger partial charge is 0.495 e. The summed E-state index contributed by atoms with van der Waals surface area (Å²) in [5.74, 6) is 0.119. The molecule has 0 unspecified atom stereocenters. The number of alkyl halides is 3. The first-order chi connectivity index (χ1) is 18.7. The molecule has 9 nitrogen and oxygen atoms in total. The van der Waals surface area contributed by atoms with Gasteiger partial charge in [0, 0.05) is 23.8 Å². The summed E-state index contributed by atoms with van der Waals surface area (Å²) in [6.07, 6.45) is 1.69. The number of methoxy groups -OCH3 is 1. The molecule has 4 rings (SSSR count). The number of hydroxylamine groups is 1. The molecule has 222 valence electrons. The number of rotatable bonds is 9. The lowest BCUT2D eigenvalue weighted by atomic mass is 9.81. The highest BCUT2D eigenvalue weighted by Crippen LogP contribution is 2.36. The van der Waals surface area contributed by atoms with Crippen LogP contribution in [0.4, 0.5) is 24.8 Å². The van der Waals surface area contributed by atoms with Gasteiger partial charge in [-0.05, 0) is 76.4 Å². The standard InChI is InChI=1S/C27H37F3N6O3.CH4/c1-36-12-10-19(11-13-36)32-25(37)18-8-9-22(24(15-18)38-2)33-26-31-16-20(27(28,29)30)23(34-26)14-17-6-4-5-7-21(17)35-39-3;/h8-9,15-17,19,21,35H,4-7,10-14H2,1-3H3,(H,32,37)(H,31,33,34);1H4/t17-,21-;/m0./s1. The number of nitrogens with zero attached hydrogens (tertiary/aromatic N) is 3. The van der Waals surface area contributed by atoms with E-state index < -0.39 is 11.7 Å². The van der Waals surface area contributed by atoms with Crippen LogP contribution in [-0.2, 0) is 17.4 Å². The number of nitrogens with one attached hydrogen (secondary N) is 3. The zero-order chi connectivity index (χ0) is 28.0. The number of amides is 1. The Morgan fingerprint density at radius 2 is 1.85 bits per heavy atom. The van der Waals surface area contributed by atoms with Crippen LogP contribution in [0.15, 0.2) is 24.4 Å². The van der Waals surface area contributed by atoms with Crippen LogP contribution in [0.5, 0.6) is 5.75 Å². The average Bonchev–Trinajstić information content (AvgIpc) is 2.91. The van der Waals surface area contributed by atoms with Crippen molar-refractivity contribution in [2.24, 2.45) is 5.92 Å². The number of carbonyl (C=O) groups is 1. The van der Waals surface area contributed by atoms with Crippen molar-refractivity contribution in [3.63, 3.8) is 0 Å². The van der Waals surface area contributed by atoms with Gasteiger partial charge in [0.25, 0.3) is 5.91 Å². The van der Waals surface area contributed by atoms with Crippen molar-refractivity contribution in [2.75, 3.05) is 39.7 Å². The minimum atomic E-state index is -4.58. The van der Waals surface area contributed by atoms with E-state index in [0.29, 0.717) is 17.0 Å². The second kappa shape index (κ2) is 14.1. The zero-order valence-electron chi connectivity index (χ0n) is 22.6. The fraction of sp³-hybridized carbons (Fsp3) is 0.607. The van der Waals surface area contributed by atoms with Crippen LogP contribution >= 0.6 is 0 Å². The Hall–Kier alpha value is -2.96. The summed E-state index contributed by atoms with van der Waals surface area (Å²) in [6, 6.07) is 4.94. The maximum Gasteiger partial charge on any atom is 0.419 e. The molecule has 1 aliphatic carbocycles. The summed E-state index contributed by atoms with van der Waals surface area (Å²) in [5, 5.41) is 6.04. The minimum Gasteiger partial charge on any atom is -0.495 e. The van der Waals surface area contributed by atoms with Crippen molar-refractivity contribution in [1.82, 2.24) is 25.7 Å². The highest BCUT2D eigenvalue weighted by Gasteiger charge is 2.37. The molecule has 1 saturated heterocycles. The Labute approximate surface area is 234 Å². The molecule has 0 radical (unpaired) electrons. The first kappa shape index (κ1) is 31.6. The van der Waals surface area contributed by atoms with E-state index in [9.17, 15) is 18.0 Å². The lowest BCUT2D eigenvalue weighted by molar-refractivity contribution is -0.138. The normalized spacial score (nSPS) is 20.4. The fourth-order valence-electron chi connectivity index (χ4n) is 5.35. The van der Waals surface area contributed by atoms with E-state index in [2.05, 4.69) is 38.0 Å². The predicted octanol–water partition coefficient (Wildman–Crippen LogP) is 4.96. The molecule has 0 bridgehead atoms. The number of ether oxygens (including phenoxy) is 1. The lowest BCUT2D eigenvalue weighted by Crippen LogP contribution is -2.43. The van der Waals surface area contributed by atoms with E-state index >= 15 is 0 Å². The monoisotopic (exact) mass is 566 g/mol. The number of hydrogen-bond donors (Lipinski definition) is 3. The highest BCUT2D eigenvalue weighted by atomic mass is 19.4. The number of benzene rings is 1. The molecule has 1 aliphatic heterocycles. The van der Waals surface area contributed by atoms with Gasteiger partial charge in [-0.1, -0.05) is 20.3 Å². The SMILES string of the molecule is C.CON[C@H]1CCCC[C@H]1Cc1nc(Nc2ccc(C(=O)NC3CCN(C)CC3)cc2OC)ncc1C(F)(F)F. The number of likely N-dealkylation sites (tertiary alicyclic amines) is 1. The van der Waals surface area contributed by atoms with Crippen LogP contribution in [-0.4, -0.2) is 67.2 Å². The molecule has 12 heteroatoms. The van der Waals surface area contributed by atoms with Crippen molar-refractivity contribution in [1.29, 1.82) is 0 Å². The van der Waals surface area contributed by atoms with Crippen LogP contribution < -0.4 is 20.9 Å². The maximum atomic E-state index is 13.8. The van der Waals surface area contributed by atoms with Crippen LogP contribution in [0.25, 0.3) is 0 Å². The van der Waals surface area contributed by atoms with Gasteiger partial charge in [-0.15, -0.1) is 0 Å². The summed E-state index contributed by atoms with van der Waals surface area (Å²) < 4.78 is 47.0. The molecular formula is C28H41F3N6O3. The number of aromatic nitrogens is 2. The van der Waals surface area contributed by atoms with E-state index in [1.54, 1.807) is 18.2 Å². The second-order valence-corrected chi connectivity index (χ2v) is 10.3. The maximum absolute atomic E-state index is 13.8. The molecule has 2 heterocycles. The van der Waals surface area contributed by atoms with Crippen LogP contribution in [0, 0.1) is 5.92 Å². The molecule has 2 aromatic rings. The number of halogens is 3. The van der Waals surface area contributed by atoms with Gasteiger partial charge in [0.15, 0.2) is 0 Å². The Morgan fingerprint density at radius 1 is 1.12 bits per heavy atom. The van der Waals surface area contributed by atoms with Gasteiger partial charge in [-0.3, -0.25) is 4.79 Å². The van der Waals surface area contributed by atoms with Crippen LogP contribution in [0.1, 0.15) is 67.6 Å². The average molecular weight is 567 g/mol. The second-order valence-electron chi connectivity index (χ2n) is 10.3. The third-order valence-corrected chi connectivity index (χ3v) is 7.57. The van der Waals surface area contributed by atoms with E-state index in [1.807, 2.05) is 0 Å². The highest BCUT2D eigenvalue weighted by molar-refractivity contribution is 5.95. The zero-order valence-corrected chi connectivity index (χ0v) is 22.6. The molecule has 2 fully saturated rings. The van der Waals surface area contributed by atoms with Crippen molar-refractivity contribution in [2.45, 2.75) is 70.6 Å². The summed E-state index contributed by atoms with van der Waals surface area (Å²) in [7, 11) is 5.03. The van der Waals surface area contributed by atoms with Crippen LogP contribution in [0.3, 0.4) is 0 Å². The van der Waals surface area contributed by atoms with Gasteiger partial charge < -0.3 is 25.1 Å². The molecular weight excluding hydrogens is 525 g/mol. The lowest BCUT2D eigenvalue weighted by Gasteiger charge is -2.31. The van der Waals surface area contributed by atoms with Crippen molar-refractivity contribution >= 4 is 17.5 Å². The molecule has 0 spiro atoms. The number of anilines is 2. The molecule has 1 amide bonds. The van der Waals surface area contributed by atoms with E-state index in [0.717, 1.165) is 57.8 Å². The first-order valence-corrected chi connectivity index (χ1v) is 13.3. The molecule has 1 saturated carbocycles. The summed E-state index contributed by atoms with van der Waals surface area (Å²) in [4.78, 5) is 28.4. The first-order valence-electron chi connectivity index (χ1n) is 13.3. The summed E-state index contributed by atoms with van der Waals surface area (Å²) >= 11 is 0. The Morgan fingerprint density at radius 3 is 2.52 bits per heavy atom. The van der Waals surface area contributed by atoms with E-state index in [1.165, 1.54) is 14.2 Å². The van der Waals surface area contributed by atoms with Gasteiger partial charge in [-0.25, -0.2) is 9.97 Å². The number of carbonyl (C=O) groups excluding carboxylic acids is 1. The third-order valence-electron chi connectivity index (χ3n) is 7.57. The summed E-state index contributed by atoms with van der Waals surface area (Å²) in [6.45, 7) is 1.85. The number of piperidine rings is 1. The number of hydrogen-bond acceptors (Lipinski definition) is 8. The predicted molar refractivity (Wildman–Crippen MR) is 148 cm³/mol. The van der Waals surface area contributed by atoms with Crippen molar-refractivity contribution < 1.29 is 27.5 Å². The van der Waals surface area contributed by atoms with Gasteiger partial charge >= 0.3 is 6.18 Å². The molecule has 1 aromatic heterocycles. The summed E-state index contributed by atoms with van der Waals surface area (Å²) in [5.41, 5.74) is 2.89. The molecule has 40 heavy (non-hydrogen) atoms. The Bertz CT molecular complexity index is 1120. The van der Waals surface area contributed by atoms with E-state index in [-0.39, 0.29) is 49.4 Å². The van der Waals surface area contributed by atoms with Crippen molar-refractivity contribution in [3.05, 3.63) is 41.2 Å². The van der Waals surface area contributed by atoms with Gasteiger partial charge in [-0.2, -0.15) is 18.7 Å². The third kappa shape index (κ3) is 8.05. The minimum absolute atomic E-state index is 0. The Balaban J connectivity index is 0.00000441. The van der Waals surface area contributed by atoms with Gasteiger partial charge in [0.1, 0.15) is 5.75 Å². The molecule has 2 atom stereocenters. The van der Waals surface area contributed by atoms with E-state index in [4.69, 9.17) is 9.57 Å². The van der Waals surface area contributed by atoms with Gasteiger partial charge in [0.05, 0.1) is 31.2 Å². The Kier molecular flexibility index (Phi) is 11.1. The van der Waals surface area contributed by atoms with Gasteiger partial charge in [0.2, 0.25) is 5.95 Å². The molecule has 1 aromatic carbocycles. The smallest absolute Gasteiger partial charge is 0.419 e. The fourth-order valence-corrected chi connectivity index (χ4v) is 5.35.